The van der Waals surface area contributed by atoms with E-state index in [9.17, 15) is 0 Å². The van der Waals surface area contributed by atoms with Gasteiger partial charge >= 0.3 is 0 Å². The highest BCUT2D eigenvalue weighted by atomic mass is 14.8. The van der Waals surface area contributed by atoms with Gasteiger partial charge in [-0.15, -0.1) is 0 Å². The molecule has 1 aliphatic carbocycles. The molecule has 7 aromatic carbocycles. The first-order valence-corrected chi connectivity index (χ1v) is 15.1. The molecule has 0 fully saturated rings. The van der Waals surface area contributed by atoms with Crippen LogP contribution in [0.1, 0.15) is 5.69 Å². The Hall–Kier alpha value is -5.73. The number of nitrogen functional groups attached to an aromatic ring is 1. The van der Waals surface area contributed by atoms with Crippen molar-refractivity contribution in [2.24, 2.45) is 0 Å². The Bertz CT molecular complexity index is 2440. The molecular formula is C42H28N2. The quantitative estimate of drug-likeness (QED) is 0.233. The molecule has 0 spiro atoms. The van der Waals surface area contributed by atoms with E-state index in [-0.39, 0.29) is 0 Å². The molecule has 2 nitrogen and oxygen atoms in total. The van der Waals surface area contributed by atoms with Crippen LogP contribution in [0, 0.1) is 6.92 Å². The summed E-state index contributed by atoms with van der Waals surface area (Å²) in [6.07, 6.45) is 0. The molecule has 1 aliphatic rings. The molecule has 0 atom stereocenters. The van der Waals surface area contributed by atoms with Crippen molar-refractivity contribution in [2.75, 3.05) is 5.73 Å². The number of pyridine rings is 1. The number of fused-ring (bicyclic) bond motifs is 5. The summed E-state index contributed by atoms with van der Waals surface area (Å²) in [7, 11) is 0. The molecule has 0 radical (unpaired) electrons. The number of nitrogens with zero attached hydrogens (tertiary/aromatic N) is 1. The first-order valence-electron chi connectivity index (χ1n) is 15.1. The van der Waals surface area contributed by atoms with E-state index in [2.05, 4.69) is 138 Å². The molecule has 0 saturated heterocycles. The van der Waals surface area contributed by atoms with E-state index in [1.54, 1.807) is 0 Å². The molecule has 0 bridgehead atoms. The van der Waals surface area contributed by atoms with Gasteiger partial charge in [0.25, 0.3) is 0 Å². The fourth-order valence-corrected chi connectivity index (χ4v) is 7.42. The van der Waals surface area contributed by atoms with Gasteiger partial charge in [-0.2, -0.15) is 0 Å². The van der Waals surface area contributed by atoms with Gasteiger partial charge in [0, 0.05) is 11.1 Å². The topological polar surface area (TPSA) is 38.9 Å². The summed E-state index contributed by atoms with van der Waals surface area (Å²) in [5.41, 5.74) is 19.8. The number of hydrogen-bond acceptors (Lipinski definition) is 2. The van der Waals surface area contributed by atoms with Crippen molar-refractivity contribution < 1.29 is 0 Å². The molecule has 0 unspecified atom stereocenters. The third-order valence-corrected chi connectivity index (χ3v) is 9.23. The first-order chi connectivity index (χ1) is 21.7. The summed E-state index contributed by atoms with van der Waals surface area (Å²) in [5.74, 6) is 0.552. The van der Waals surface area contributed by atoms with Gasteiger partial charge in [0.1, 0.15) is 5.82 Å². The molecule has 2 N–H and O–H groups in total. The Morgan fingerprint density at radius 2 is 1.05 bits per heavy atom. The lowest BCUT2D eigenvalue weighted by Gasteiger charge is -2.20. The molecule has 9 rings (SSSR count). The van der Waals surface area contributed by atoms with Crippen molar-refractivity contribution >= 4 is 38.1 Å². The third-order valence-electron chi connectivity index (χ3n) is 9.23. The van der Waals surface area contributed by atoms with E-state index < -0.39 is 0 Å². The van der Waals surface area contributed by atoms with Crippen LogP contribution in [0.3, 0.4) is 0 Å². The maximum atomic E-state index is 6.16. The third kappa shape index (κ3) is 3.58. The highest BCUT2D eigenvalue weighted by molar-refractivity contribution is 6.28. The molecule has 1 heterocycles. The lowest BCUT2D eigenvalue weighted by molar-refractivity contribution is 1.24. The fraction of sp³-hybridized carbons (Fsp3) is 0.0238. The van der Waals surface area contributed by atoms with Crippen LogP contribution in [0.4, 0.5) is 5.82 Å². The van der Waals surface area contributed by atoms with Gasteiger partial charge in [0.2, 0.25) is 0 Å². The molecule has 1 aromatic heterocycles. The Labute approximate surface area is 256 Å². The molecule has 206 valence electrons. The number of aryl methyl sites for hydroxylation is 1. The van der Waals surface area contributed by atoms with Crippen molar-refractivity contribution in [1.82, 2.24) is 4.98 Å². The van der Waals surface area contributed by atoms with Gasteiger partial charge in [-0.1, -0.05) is 115 Å². The molecule has 0 amide bonds. The lowest BCUT2D eigenvalue weighted by Crippen LogP contribution is -1.94. The summed E-state index contributed by atoms with van der Waals surface area (Å²) < 4.78 is 0. The number of nitrogens with two attached hydrogens (primary N) is 1. The van der Waals surface area contributed by atoms with Gasteiger partial charge in [-0.05, 0) is 114 Å². The highest BCUT2D eigenvalue weighted by Gasteiger charge is 2.30. The summed E-state index contributed by atoms with van der Waals surface area (Å²) in [6.45, 7) is 2.02. The normalized spacial score (nSPS) is 11.8. The van der Waals surface area contributed by atoms with Crippen molar-refractivity contribution in [3.8, 4) is 55.6 Å². The Kier molecular flexibility index (Phi) is 5.30. The van der Waals surface area contributed by atoms with Crippen molar-refractivity contribution in [1.29, 1.82) is 0 Å². The average molecular weight is 561 g/mol. The zero-order valence-corrected chi connectivity index (χ0v) is 24.3. The maximum Gasteiger partial charge on any atom is 0.124 e. The SMILES string of the molecule is Cc1nc(N)cc2cc(-c3cc4c5c(cccc5c3)-c3c-4c(-c4ccccc4)c4ccccc4c3-c3ccccc3)ccc12. The Morgan fingerprint density at radius 3 is 1.73 bits per heavy atom. The zero-order valence-electron chi connectivity index (χ0n) is 24.3. The highest BCUT2D eigenvalue weighted by Crippen LogP contribution is 2.58. The minimum Gasteiger partial charge on any atom is -0.384 e. The van der Waals surface area contributed by atoms with Gasteiger partial charge in [0.15, 0.2) is 0 Å². The minimum atomic E-state index is 0.552. The second-order valence-electron chi connectivity index (χ2n) is 11.8. The first kappa shape index (κ1) is 24.8. The van der Waals surface area contributed by atoms with Crippen LogP contribution in [-0.4, -0.2) is 4.98 Å². The fourth-order valence-electron chi connectivity index (χ4n) is 7.42. The molecule has 2 heteroatoms. The monoisotopic (exact) mass is 560 g/mol. The molecule has 44 heavy (non-hydrogen) atoms. The molecular weight excluding hydrogens is 532 g/mol. The van der Waals surface area contributed by atoms with E-state index in [1.807, 2.05) is 13.0 Å². The number of anilines is 1. The predicted molar refractivity (Wildman–Crippen MR) is 187 cm³/mol. The summed E-state index contributed by atoms with van der Waals surface area (Å²) >= 11 is 0. The number of rotatable bonds is 3. The Morgan fingerprint density at radius 1 is 0.432 bits per heavy atom. The number of benzene rings is 7. The van der Waals surface area contributed by atoms with Gasteiger partial charge in [-0.3, -0.25) is 0 Å². The van der Waals surface area contributed by atoms with E-state index in [0.29, 0.717) is 5.82 Å². The van der Waals surface area contributed by atoms with Crippen LogP contribution < -0.4 is 5.73 Å². The second kappa shape index (κ2) is 9.39. The van der Waals surface area contributed by atoms with E-state index >= 15 is 0 Å². The minimum absolute atomic E-state index is 0.552. The standard InChI is InChI=1S/C42H28N2/c1-25-32-20-19-28(21-31(32)24-37(43)44-25)30-22-29-15-10-18-35-38(29)36(23-30)42-40(27-13-6-3-7-14-27)34-17-9-8-16-33(34)39(41(35)42)26-11-4-2-5-12-26/h2-24H,1H3,(H2,43,44). The van der Waals surface area contributed by atoms with Crippen molar-refractivity contribution in [2.45, 2.75) is 6.92 Å². The van der Waals surface area contributed by atoms with Crippen LogP contribution in [0.25, 0.3) is 88.0 Å². The van der Waals surface area contributed by atoms with Crippen molar-refractivity contribution in [3.05, 3.63) is 145 Å². The van der Waals surface area contributed by atoms with Crippen LogP contribution in [-0.2, 0) is 0 Å². The largest absolute Gasteiger partial charge is 0.384 e. The predicted octanol–water partition coefficient (Wildman–Crippen LogP) is 11.1. The van der Waals surface area contributed by atoms with E-state index in [4.69, 9.17) is 5.73 Å². The van der Waals surface area contributed by atoms with Gasteiger partial charge in [-0.25, -0.2) is 4.98 Å². The molecule has 8 aromatic rings. The maximum absolute atomic E-state index is 6.16. The number of aromatic nitrogens is 1. The summed E-state index contributed by atoms with van der Waals surface area (Å²) in [6, 6.07) is 50.8. The van der Waals surface area contributed by atoms with Crippen LogP contribution in [0.2, 0.25) is 0 Å². The smallest absolute Gasteiger partial charge is 0.124 e. The van der Waals surface area contributed by atoms with E-state index in [1.165, 1.54) is 77.2 Å². The van der Waals surface area contributed by atoms with Gasteiger partial charge in [0.05, 0.1) is 0 Å². The number of hydrogen-bond donors (Lipinski definition) is 1. The van der Waals surface area contributed by atoms with E-state index in [0.717, 1.165) is 16.5 Å². The Balaban J connectivity index is 1.43. The molecule has 0 aliphatic heterocycles. The second-order valence-corrected chi connectivity index (χ2v) is 11.8. The summed E-state index contributed by atoms with van der Waals surface area (Å²) in [5, 5.41) is 7.36. The summed E-state index contributed by atoms with van der Waals surface area (Å²) in [4.78, 5) is 4.48. The van der Waals surface area contributed by atoms with Crippen LogP contribution in [0.15, 0.2) is 140 Å². The van der Waals surface area contributed by atoms with Crippen LogP contribution >= 0.6 is 0 Å². The van der Waals surface area contributed by atoms with Gasteiger partial charge < -0.3 is 5.73 Å². The average Bonchev–Trinajstić information content (AvgIpc) is 3.38. The lowest BCUT2D eigenvalue weighted by atomic mass is 9.82. The van der Waals surface area contributed by atoms with Crippen LogP contribution in [0.5, 0.6) is 0 Å². The molecule has 0 saturated carbocycles. The zero-order chi connectivity index (χ0) is 29.4. The van der Waals surface area contributed by atoms with Crippen molar-refractivity contribution in [3.63, 3.8) is 0 Å².